The van der Waals surface area contributed by atoms with Gasteiger partial charge in [-0.25, -0.2) is 8.42 Å². The fourth-order valence-corrected chi connectivity index (χ4v) is 4.42. The minimum Gasteiger partial charge on any atom is -0.316 e. The van der Waals surface area contributed by atoms with Crippen LogP contribution in [0.1, 0.15) is 37.8 Å². The number of sulfonamides is 1. The van der Waals surface area contributed by atoms with Gasteiger partial charge < -0.3 is 5.32 Å². The standard InChI is InChI=1S/C16H26N2O2S/c1-13-5-6-14(12-17-4)11-15(13)21(19,20)18-9-7-16(2,3)8-10-18/h5-6,11,17H,7-10,12H2,1-4H3. The molecular formula is C16H26N2O2S. The summed E-state index contributed by atoms with van der Waals surface area (Å²) in [6, 6.07) is 5.68. The smallest absolute Gasteiger partial charge is 0.243 e. The lowest BCUT2D eigenvalue weighted by Gasteiger charge is -2.36. The van der Waals surface area contributed by atoms with Crippen molar-refractivity contribution >= 4 is 10.0 Å². The van der Waals surface area contributed by atoms with E-state index in [1.54, 1.807) is 10.4 Å². The van der Waals surface area contributed by atoms with Gasteiger partial charge in [0.1, 0.15) is 0 Å². The number of nitrogens with zero attached hydrogens (tertiary/aromatic N) is 1. The van der Waals surface area contributed by atoms with Crippen LogP contribution in [-0.4, -0.2) is 32.9 Å². The number of piperidine rings is 1. The van der Waals surface area contributed by atoms with E-state index in [0.717, 1.165) is 24.0 Å². The Bertz CT molecular complexity index is 599. The molecule has 0 bridgehead atoms. The zero-order chi connectivity index (χ0) is 15.7. The first-order chi connectivity index (χ1) is 9.76. The summed E-state index contributed by atoms with van der Waals surface area (Å²) < 4.78 is 27.4. The monoisotopic (exact) mass is 310 g/mol. The summed E-state index contributed by atoms with van der Waals surface area (Å²) in [6.45, 7) is 8.18. The Hall–Kier alpha value is -0.910. The Morgan fingerprint density at radius 3 is 2.43 bits per heavy atom. The van der Waals surface area contributed by atoms with Crippen LogP contribution in [0.4, 0.5) is 0 Å². The molecule has 0 spiro atoms. The molecule has 1 aliphatic heterocycles. The summed E-state index contributed by atoms with van der Waals surface area (Å²) in [5.41, 5.74) is 2.06. The number of hydrogen-bond donors (Lipinski definition) is 1. The van der Waals surface area contributed by atoms with Crippen LogP contribution in [0, 0.1) is 12.3 Å². The van der Waals surface area contributed by atoms with E-state index in [1.165, 1.54) is 0 Å². The van der Waals surface area contributed by atoms with Crippen molar-refractivity contribution in [1.82, 2.24) is 9.62 Å². The van der Waals surface area contributed by atoms with E-state index in [2.05, 4.69) is 19.2 Å². The predicted molar refractivity (Wildman–Crippen MR) is 85.7 cm³/mol. The molecule has 21 heavy (non-hydrogen) atoms. The van der Waals surface area contributed by atoms with Crippen molar-refractivity contribution in [1.29, 1.82) is 0 Å². The molecule has 0 radical (unpaired) electrons. The topological polar surface area (TPSA) is 49.4 Å². The molecule has 4 nitrogen and oxygen atoms in total. The SMILES string of the molecule is CNCc1ccc(C)c(S(=O)(=O)N2CCC(C)(C)CC2)c1. The number of hydrogen-bond acceptors (Lipinski definition) is 3. The maximum absolute atomic E-state index is 12.9. The molecule has 0 unspecified atom stereocenters. The third-order valence-corrected chi connectivity index (χ3v) is 6.37. The zero-order valence-electron chi connectivity index (χ0n) is 13.4. The minimum absolute atomic E-state index is 0.245. The Labute approximate surface area is 128 Å². The molecule has 1 fully saturated rings. The summed E-state index contributed by atoms with van der Waals surface area (Å²) in [6.07, 6.45) is 1.84. The zero-order valence-corrected chi connectivity index (χ0v) is 14.3. The van der Waals surface area contributed by atoms with E-state index in [9.17, 15) is 8.42 Å². The summed E-state index contributed by atoms with van der Waals surface area (Å²) >= 11 is 0. The highest BCUT2D eigenvalue weighted by atomic mass is 32.2. The highest BCUT2D eigenvalue weighted by molar-refractivity contribution is 7.89. The summed E-state index contributed by atoms with van der Waals surface area (Å²) in [5.74, 6) is 0. The second kappa shape index (κ2) is 6.07. The van der Waals surface area contributed by atoms with Gasteiger partial charge in [0.05, 0.1) is 4.90 Å². The van der Waals surface area contributed by atoms with Gasteiger partial charge in [-0.1, -0.05) is 26.0 Å². The lowest BCUT2D eigenvalue weighted by Crippen LogP contribution is -2.41. The van der Waals surface area contributed by atoms with Crippen LogP contribution in [0.3, 0.4) is 0 Å². The van der Waals surface area contributed by atoms with Gasteiger partial charge in [-0.15, -0.1) is 0 Å². The van der Waals surface area contributed by atoms with Crippen molar-refractivity contribution in [3.8, 4) is 0 Å². The van der Waals surface area contributed by atoms with Gasteiger partial charge >= 0.3 is 0 Å². The Morgan fingerprint density at radius 1 is 1.24 bits per heavy atom. The van der Waals surface area contributed by atoms with Gasteiger partial charge in [0, 0.05) is 19.6 Å². The molecule has 5 heteroatoms. The minimum atomic E-state index is -3.38. The Kier molecular flexibility index (Phi) is 4.76. The second-order valence-electron chi connectivity index (χ2n) is 6.70. The van der Waals surface area contributed by atoms with Crippen LogP contribution in [0.25, 0.3) is 0 Å². The van der Waals surface area contributed by atoms with Gasteiger partial charge in [-0.3, -0.25) is 0 Å². The highest BCUT2D eigenvalue weighted by Crippen LogP contribution is 2.33. The number of aryl methyl sites for hydroxylation is 1. The summed E-state index contributed by atoms with van der Waals surface area (Å²) in [7, 11) is -1.52. The molecule has 0 aromatic heterocycles. The second-order valence-corrected chi connectivity index (χ2v) is 8.60. The van der Waals surface area contributed by atoms with Crippen LogP contribution >= 0.6 is 0 Å². The van der Waals surface area contributed by atoms with E-state index < -0.39 is 10.0 Å². The average Bonchev–Trinajstić information content (AvgIpc) is 2.40. The third kappa shape index (κ3) is 3.65. The van der Waals surface area contributed by atoms with Crippen LogP contribution in [0.2, 0.25) is 0 Å². The van der Waals surface area contributed by atoms with Crippen molar-refractivity contribution in [2.24, 2.45) is 5.41 Å². The molecule has 1 aliphatic rings. The third-order valence-electron chi connectivity index (χ3n) is 4.33. The first-order valence-electron chi connectivity index (χ1n) is 7.50. The van der Waals surface area contributed by atoms with Crippen LogP contribution in [0.15, 0.2) is 23.1 Å². The maximum Gasteiger partial charge on any atom is 0.243 e. The molecule has 118 valence electrons. The molecule has 1 N–H and O–H groups in total. The molecule has 0 amide bonds. The molecular weight excluding hydrogens is 284 g/mol. The summed E-state index contributed by atoms with van der Waals surface area (Å²) in [4.78, 5) is 0.454. The van der Waals surface area contributed by atoms with Gasteiger partial charge in [0.2, 0.25) is 10.0 Å². The molecule has 1 aromatic carbocycles. The number of nitrogens with one attached hydrogen (secondary N) is 1. The number of benzene rings is 1. The fourth-order valence-electron chi connectivity index (χ4n) is 2.71. The van der Waals surface area contributed by atoms with Crippen molar-refractivity contribution < 1.29 is 8.42 Å². The quantitative estimate of drug-likeness (QED) is 0.929. The van der Waals surface area contributed by atoms with Gasteiger partial charge in [0.15, 0.2) is 0 Å². The van der Waals surface area contributed by atoms with Crippen molar-refractivity contribution in [3.63, 3.8) is 0 Å². The van der Waals surface area contributed by atoms with E-state index in [1.807, 2.05) is 26.1 Å². The van der Waals surface area contributed by atoms with Crippen LogP contribution < -0.4 is 5.32 Å². The molecule has 0 aliphatic carbocycles. The highest BCUT2D eigenvalue weighted by Gasteiger charge is 2.33. The first kappa shape index (κ1) is 16.5. The molecule has 1 aromatic rings. The van der Waals surface area contributed by atoms with E-state index in [-0.39, 0.29) is 5.41 Å². The largest absolute Gasteiger partial charge is 0.316 e. The van der Waals surface area contributed by atoms with Crippen molar-refractivity contribution in [2.45, 2.75) is 45.1 Å². The van der Waals surface area contributed by atoms with Crippen molar-refractivity contribution in [3.05, 3.63) is 29.3 Å². The van der Waals surface area contributed by atoms with Gasteiger partial charge in [0.25, 0.3) is 0 Å². The van der Waals surface area contributed by atoms with Gasteiger partial charge in [-0.2, -0.15) is 4.31 Å². The predicted octanol–water partition coefficient (Wildman–Crippen LogP) is 2.53. The first-order valence-corrected chi connectivity index (χ1v) is 8.94. The molecule has 0 saturated carbocycles. The summed E-state index contributed by atoms with van der Waals surface area (Å²) in [5, 5.41) is 3.06. The average molecular weight is 310 g/mol. The van der Waals surface area contributed by atoms with Crippen LogP contribution in [0.5, 0.6) is 0 Å². The Balaban J connectivity index is 2.29. The lowest BCUT2D eigenvalue weighted by molar-refractivity contribution is 0.196. The lowest BCUT2D eigenvalue weighted by atomic mass is 9.83. The fraction of sp³-hybridized carbons (Fsp3) is 0.625. The number of rotatable bonds is 4. The molecule has 1 saturated heterocycles. The molecule has 0 atom stereocenters. The Morgan fingerprint density at radius 2 is 1.86 bits per heavy atom. The maximum atomic E-state index is 12.9. The van der Waals surface area contributed by atoms with Crippen LogP contribution in [-0.2, 0) is 16.6 Å². The molecule has 1 heterocycles. The normalized spacial score (nSPS) is 19.6. The van der Waals surface area contributed by atoms with Crippen molar-refractivity contribution in [2.75, 3.05) is 20.1 Å². The van der Waals surface area contributed by atoms with E-state index in [0.29, 0.717) is 24.5 Å². The van der Waals surface area contributed by atoms with E-state index in [4.69, 9.17) is 0 Å². The van der Waals surface area contributed by atoms with Gasteiger partial charge in [-0.05, 0) is 49.4 Å². The molecule has 2 rings (SSSR count). The van der Waals surface area contributed by atoms with E-state index >= 15 is 0 Å².